The molecule has 0 aliphatic heterocycles. The van der Waals surface area contributed by atoms with Crippen molar-refractivity contribution in [2.24, 2.45) is 0 Å². The molecule has 0 heterocycles. The summed E-state index contributed by atoms with van der Waals surface area (Å²) in [6.45, 7) is 0. The Morgan fingerprint density at radius 3 is 1.48 bits per heavy atom. The predicted octanol–water partition coefficient (Wildman–Crippen LogP) is 15.4. The number of para-hydroxylation sites is 2. The molecule has 0 fully saturated rings. The summed E-state index contributed by atoms with van der Waals surface area (Å²) in [5, 5.41) is 7.42. The quantitative estimate of drug-likeness (QED) is 0.145. The van der Waals surface area contributed by atoms with Gasteiger partial charge in [0.15, 0.2) is 0 Å². The number of anilines is 6. The van der Waals surface area contributed by atoms with E-state index in [-0.39, 0.29) is 0 Å². The molecule has 0 amide bonds. The van der Waals surface area contributed by atoms with Gasteiger partial charge in [0, 0.05) is 33.8 Å². The van der Waals surface area contributed by atoms with Crippen LogP contribution in [0.1, 0.15) is 0 Å². The second kappa shape index (κ2) is 14.4. The van der Waals surface area contributed by atoms with E-state index in [0.717, 1.165) is 34.1 Å². The van der Waals surface area contributed by atoms with E-state index in [1.54, 1.807) is 0 Å². The highest BCUT2D eigenvalue weighted by Crippen LogP contribution is 2.43. The highest BCUT2D eigenvalue weighted by Gasteiger charge is 2.19. The van der Waals surface area contributed by atoms with Gasteiger partial charge in [0.2, 0.25) is 0 Å². The van der Waals surface area contributed by atoms with Crippen LogP contribution >= 0.6 is 0 Å². The highest BCUT2D eigenvalue weighted by molar-refractivity contribution is 6.13. The van der Waals surface area contributed by atoms with Crippen LogP contribution in [-0.2, 0) is 0 Å². The number of benzene rings is 10. The number of nitrogens with zero attached hydrogens (tertiary/aromatic N) is 2. The summed E-state index contributed by atoms with van der Waals surface area (Å²) in [7, 11) is 0. The molecule has 264 valence electrons. The Hall–Kier alpha value is -7.42. The highest BCUT2D eigenvalue weighted by atomic mass is 15.2. The fourth-order valence-electron chi connectivity index (χ4n) is 8.15. The minimum atomic E-state index is 1.10. The van der Waals surface area contributed by atoms with Crippen LogP contribution in [0.2, 0.25) is 0 Å². The lowest BCUT2D eigenvalue weighted by Gasteiger charge is -2.29. The summed E-state index contributed by atoms with van der Waals surface area (Å²) < 4.78 is 0. The van der Waals surface area contributed by atoms with E-state index in [0.29, 0.717) is 0 Å². The van der Waals surface area contributed by atoms with Gasteiger partial charge in [0.05, 0.1) is 5.69 Å². The molecule has 0 saturated heterocycles. The molecule has 10 rings (SSSR count). The van der Waals surface area contributed by atoms with Gasteiger partial charge in [-0.2, -0.15) is 0 Å². The van der Waals surface area contributed by atoms with Crippen LogP contribution in [0, 0.1) is 0 Å². The average Bonchev–Trinajstić information content (AvgIpc) is 3.28. The predicted molar refractivity (Wildman–Crippen MR) is 239 cm³/mol. The van der Waals surface area contributed by atoms with Crippen molar-refractivity contribution in [2.45, 2.75) is 0 Å². The summed E-state index contributed by atoms with van der Waals surface area (Å²) in [5.41, 5.74) is 11.5. The molecule has 0 bridgehead atoms. The number of hydrogen-bond acceptors (Lipinski definition) is 2. The lowest BCUT2D eigenvalue weighted by atomic mass is 9.93. The molecular formula is C54H38N2. The maximum Gasteiger partial charge on any atom is 0.0540 e. The van der Waals surface area contributed by atoms with Crippen molar-refractivity contribution in [3.05, 3.63) is 231 Å². The van der Waals surface area contributed by atoms with E-state index in [1.165, 1.54) is 54.6 Å². The van der Waals surface area contributed by atoms with Crippen molar-refractivity contribution in [2.75, 3.05) is 9.80 Å². The summed E-state index contributed by atoms with van der Waals surface area (Å²) in [5.74, 6) is 0. The Morgan fingerprint density at radius 1 is 0.232 bits per heavy atom. The Bertz CT molecular complexity index is 2960. The molecule has 0 spiro atoms. The molecule has 0 aliphatic rings. The third-order valence-corrected chi connectivity index (χ3v) is 10.8. The summed E-state index contributed by atoms with van der Waals surface area (Å²) in [6, 6.07) is 83.0. The first-order valence-electron chi connectivity index (χ1n) is 19.2. The van der Waals surface area contributed by atoms with Crippen LogP contribution in [0.15, 0.2) is 231 Å². The van der Waals surface area contributed by atoms with E-state index in [2.05, 4.69) is 240 Å². The molecule has 0 unspecified atom stereocenters. The molecule has 2 nitrogen and oxygen atoms in total. The Labute approximate surface area is 327 Å². The van der Waals surface area contributed by atoms with Gasteiger partial charge in [0.25, 0.3) is 0 Å². The third kappa shape index (κ3) is 6.14. The smallest absolute Gasteiger partial charge is 0.0540 e. The first-order chi connectivity index (χ1) is 27.8. The van der Waals surface area contributed by atoms with Crippen LogP contribution < -0.4 is 9.80 Å². The van der Waals surface area contributed by atoms with Crippen LogP contribution in [0.4, 0.5) is 34.1 Å². The van der Waals surface area contributed by atoms with E-state index in [9.17, 15) is 0 Å². The first kappa shape index (κ1) is 33.2. The third-order valence-electron chi connectivity index (χ3n) is 10.8. The van der Waals surface area contributed by atoms with E-state index in [4.69, 9.17) is 0 Å². The van der Waals surface area contributed by atoms with Crippen LogP contribution in [0.3, 0.4) is 0 Å². The Kier molecular flexibility index (Phi) is 8.55. The second-order valence-electron chi connectivity index (χ2n) is 14.2. The Morgan fingerprint density at radius 2 is 0.732 bits per heavy atom. The standard InChI is InChI=1S/C54H38N2/c1-4-16-39(17-5-1)41-19-14-25-47(36-41)56(45-23-8-3-9-24-45)54-29-15-20-42-37-48(34-35-50(42)54)55(44-21-6-2-7-22-44)46-32-30-40(31-33-46)53-38-43-18-10-11-26-49(43)51-27-12-13-28-52(51)53/h1-38H. The van der Waals surface area contributed by atoms with E-state index >= 15 is 0 Å². The zero-order chi connectivity index (χ0) is 37.3. The van der Waals surface area contributed by atoms with Gasteiger partial charge in [-0.3, -0.25) is 0 Å². The summed E-state index contributed by atoms with van der Waals surface area (Å²) in [4.78, 5) is 4.73. The molecule has 0 aromatic heterocycles. The molecule has 0 saturated carbocycles. The van der Waals surface area contributed by atoms with Crippen LogP contribution in [0.5, 0.6) is 0 Å². The topological polar surface area (TPSA) is 6.48 Å². The first-order valence-corrected chi connectivity index (χ1v) is 19.2. The van der Waals surface area contributed by atoms with Gasteiger partial charge in [-0.1, -0.05) is 158 Å². The zero-order valence-corrected chi connectivity index (χ0v) is 30.8. The minimum absolute atomic E-state index is 1.10. The van der Waals surface area contributed by atoms with Crippen molar-refractivity contribution in [3.8, 4) is 22.3 Å². The van der Waals surface area contributed by atoms with Gasteiger partial charge in [-0.05, 0) is 122 Å². The number of fused-ring (bicyclic) bond motifs is 4. The molecule has 0 N–H and O–H groups in total. The molecule has 56 heavy (non-hydrogen) atoms. The van der Waals surface area contributed by atoms with Crippen LogP contribution in [0.25, 0.3) is 54.6 Å². The minimum Gasteiger partial charge on any atom is -0.310 e. The van der Waals surface area contributed by atoms with Gasteiger partial charge < -0.3 is 9.80 Å². The molecule has 0 radical (unpaired) electrons. The van der Waals surface area contributed by atoms with Crippen LogP contribution in [-0.4, -0.2) is 0 Å². The van der Waals surface area contributed by atoms with Gasteiger partial charge in [0.1, 0.15) is 0 Å². The fourth-order valence-corrected chi connectivity index (χ4v) is 8.15. The Balaban J connectivity index is 1.07. The lowest BCUT2D eigenvalue weighted by Crippen LogP contribution is -2.11. The molecule has 10 aromatic rings. The van der Waals surface area contributed by atoms with E-state index in [1.807, 2.05) is 0 Å². The average molecular weight is 715 g/mol. The maximum absolute atomic E-state index is 2.37. The van der Waals surface area contributed by atoms with Crippen molar-refractivity contribution in [1.82, 2.24) is 0 Å². The van der Waals surface area contributed by atoms with Gasteiger partial charge >= 0.3 is 0 Å². The molecule has 0 atom stereocenters. The summed E-state index contributed by atoms with van der Waals surface area (Å²) in [6.07, 6.45) is 0. The van der Waals surface area contributed by atoms with E-state index < -0.39 is 0 Å². The lowest BCUT2D eigenvalue weighted by molar-refractivity contribution is 1.28. The maximum atomic E-state index is 2.37. The van der Waals surface area contributed by atoms with Crippen molar-refractivity contribution >= 4 is 66.4 Å². The van der Waals surface area contributed by atoms with Crippen molar-refractivity contribution in [3.63, 3.8) is 0 Å². The van der Waals surface area contributed by atoms with Gasteiger partial charge in [-0.15, -0.1) is 0 Å². The monoisotopic (exact) mass is 714 g/mol. The molecule has 0 aliphatic carbocycles. The van der Waals surface area contributed by atoms with Crippen molar-refractivity contribution < 1.29 is 0 Å². The summed E-state index contributed by atoms with van der Waals surface area (Å²) >= 11 is 0. The molecule has 2 heteroatoms. The largest absolute Gasteiger partial charge is 0.310 e. The molecule has 10 aromatic carbocycles. The zero-order valence-electron chi connectivity index (χ0n) is 30.8. The SMILES string of the molecule is c1ccc(-c2cccc(N(c3ccccc3)c3cccc4cc(N(c5ccccc5)c5ccc(-c6cc7ccccc7c7ccccc67)cc5)ccc34)c2)cc1. The van der Waals surface area contributed by atoms with Gasteiger partial charge in [-0.25, -0.2) is 0 Å². The fraction of sp³-hybridized carbons (Fsp3) is 0. The van der Waals surface area contributed by atoms with Crippen molar-refractivity contribution in [1.29, 1.82) is 0 Å². The number of hydrogen-bond donors (Lipinski definition) is 0. The second-order valence-corrected chi connectivity index (χ2v) is 14.2. The number of rotatable bonds is 8. The molecular weight excluding hydrogens is 677 g/mol. The normalized spacial score (nSPS) is 11.2.